The molecular formula is C22H22N4O4S2. The van der Waals surface area contributed by atoms with Crippen LogP contribution in [0.15, 0.2) is 40.5 Å². The molecule has 1 saturated heterocycles. The Hall–Kier alpha value is -2.95. The summed E-state index contributed by atoms with van der Waals surface area (Å²) in [4.78, 5) is 26.5. The highest BCUT2D eigenvalue weighted by Crippen LogP contribution is 2.35. The van der Waals surface area contributed by atoms with Crippen LogP contribution >= 0.6 is 22.7 Å². The summed E-state index contributed by atoms with van der Waals surface area (Å²) in [6.07, 6.45) is 0. The quantitative estimate of drug-likeness (QED) is 0.427. The monoisotopic (exact) mass is 470 g/mol. The number of hydrogen-bond acceptors (Lipinski definition) is 9. The van der Waals surface area contributed by atoms with Gasteiger partial charge in [0, 0.05) is 19.2 Å². The summed E-state index contributed by atoms with van der Waals surface area (Å²) in [5.74, 6) is 1.34. The smallest absolute Gasteiger partial charge is 0.349 e. The summed E-state index contributed by atoms with van der Waals surface area (Å²) in [6, 6.07) is 9.53. The zero-order valence-electron chi connectivity index (χ0n) is 17.7. The lowest BCUT2D eigenvalue weighted by atomic mass is 10.2. The van der Waals surface area contributed by atoms with Gasteiger partial charge in [-0.15, -0.1) is 11.3 Å². The molecule has 5 rings (SSSR count). The Balaban J connectivity index is 1.65. The van der Waals surface area contributed by atoms with Gasteiger partial charge in [-0.2, -0.15) is 4.98 Å². The van der Waals surface area contributed by atoms with Crippen molar-refractivity contribution >= 4 is 38.2 Å². The lowest BCUT2D eigenvalue weighted by molar-refractivity contribution is 0.122. The zero-order valence-corrected chi connectivity index (χ0v) is 19.4. The number of ether oxygens (including phenoxy) is 3. The average Bonchev–Trinajstić information content (AvgIpc) is 3.52. The van der Waals surface area contributed by atoms with E-state index in [1.807, 2.05) is 35.7 Å². The highest BCUT2D eigenvalue weighted by atomic mass is 32.1. The number of thiazole rings is 1. The van der Waals surface area contributed by atoms with Crippen molar-refractivity contribution in [2.75, 3.05) is 45.4 Å². The van der Waals surface area contributed by atoms with Gasteiger partial charge in [-0.25, -0.2) is 9.78 Å². The number of hydrogen-bond donors (Lipinski definition) is 0. The topological polar surface area (TPSA) is 78.7 Å². The summed E-state index contributed by atoms with van der Waals surface area (Å²) < 4.78 is 18.0. The van der Waals surface area contributed by atoms with E-state index in [2.05, 4.69) is 9.88 Å². The molecule has 0 atom stereocenters. The minimum Gasteiger partial charge on any atom is -0.497 e. The molecular weight excluding hydrogens is 448 g/mol. The zero-order chi connectivity index (χ0) is 22.1. The van der Waals surface area contributed by atoms with E-state index in [1.165, 1.54) is 11.3 Å². The standard InChI is InChI=1S/C22H22N4O4S2/c1-28-15-10-14(11-16(12-15)29-2)13-26-20-19(18(23-21(26)27)17-4-3-9-31-17)24-22(32-20)25-5-7-30-8-6-25/h3-4,9-12H,5-8,13H2,1-2H3. The Bertz CT molecular complexity index is 1270. The first kappa shape index (κ1) is 20.9. The van der Waals surface area contributed by atoms with Gasteiger partial charge in [0.15, 0.2) is 5.13 Å². The summed E-state index contributed by atoms with van der Waals surface area (Å²) >= 11 is 3.07. The largest absolute Gasteiger partial charge is 0.497 e. The molecule has 0 N–H and O–H groups in total. The number of morpholine rings is 1. The fourth-order valence-electron chi connectivity index (χ4n) is 3.69. The molecule has 10 heteroatoms. The highest BCUT2D eigenvalue weighted by molar-refractivity contribution is 7.22. The number of methoxy groups -OCH3 is 2. The molecule has 8 nitrogen and oxygen atoms in total. The molecule has 0 amide bonds. The Morgan fingerprint density at radius 2 is 1.84 bits per heavy atom. The van der Waals surface area contributed by atoms with Gasteiger partial charge < -0.3 is 19.1 Å². The van der Waals surface area contributed by atoms with E-state index in [9.17, 15) is 4.79 Å². The first-order valence-corrected chi connectivity index (χ1v) is 11.9. The molecule has 1 aliphatic rings. The Kier molecular flexibility index (Phi) is 5.81. The van der Waals surface area contributed by atoms with Gasteiger partial charge in [-0.05, 0) is 29.1 Å². The van der Waals surface area contributed by atoms with Gasteiger partial charge in [0.1, 0.15) is 27.5 Å². The Morgan fingerprint density at radius 3 is 2.50 bits per heavy atom. The number of anilines is 1. The van der Waals surface area contributed by atoms with Crippen LogP contribution in [0.2, 0.25) is 0 Å². The summed E-state index contributed by atoms with van der Waals surface area (Å²) in [6.45, 7) is 3.23. The second-order valence-electron chi connectivity index (χ2n) is 7.28. The normalized spacial score (nSPS) is 14.1. The predicted octanol–water partition coefficient (Wildman–Crippen LogP) is 3.48. The lowest BCUT2D eigenvalue weighted by Crippen LogP contribution is -2.36. The Labute approximate surface area is 192 Å². The van der Waals surface area contributed by atoms with Crippen molar-refractivity contribution in [3.8, 4) is 22.1 Å². The molecule has 1 aromatic carbocycles. The third-order valence-corrected chi connectivity index (χ3v) is 7.31. The molecule has 4 heterocycles. The van der Waals surface area contributed by atoms with Crippen molar-refractivity contribution < 1.29 is 14.2 Å². The van der Waals surface area contributed by atoms with Crippen molar-refractivity contribution in [2.45, 2.75) is 6.54 Å². The van der Waals surface area contributed by atoms with Gasteiger partial charge in [0.2, 0.25) is 0 Å². The van der Waals surface area contributed by atoms with E-state index < -0.39 is 0 Å². The van der Waals surface area contributed by atoms with Crippen molar-refractivity contribution in [3.63, 3.8) is 0 Å². The first-order valence-electron chi connectivity index (χ1n) is 10.2. The summed E-state index contributed by atoms with van der Waals surface area (Å²) in [5.41, 5.74) is 1.96. The van der Waals surface area contributed by atoms with Crippen LogP contribution in [-0.4, -0.2) is 55.1 Å². The molecule has 1 aliphatic heterocycles. The number of fused-ring (bicyclic) bond motifs is 1. The van der Waals surface area contributed by atoms with E-state index in [-0.39, 0.29) is 5.69 Å². The fraction of sp³-hybridized carbons (Fsp3) is 0.318. The maximum Gasteiger partial charge on any atom is 0.349 e. The molecule has 32 heavy (non-hydrogen) atoms. The molecule has 3 aromatic heterocycles. The van der Waals surface area contributed by atoms with Gasteiger partial charge in [-0.3, -0.25) is 4.57 Å². The van der Waals surface area contributed by atoms with Crippen LogP contribution in [0.1, 0.15) is 5.56 Å². The maximum absolute atomic E-state index is 13.2. The molecule has 0 unspecified atom stereocenters. The fourth-order valence-corrected chi connectivity index (χ4v) is 5.52. The molecule has 4 aromatic rings. The third-order valence-electron chi connectivity index (χ3n) is 5.29. The van der Waals surface area contributed by atoms with Crippen LogP contribution in [0.25, 0.3) is 20.9 Å². The summed E-state index contributed by atoms with van der Waals surface area (Å²) in [7, 11) is 3.22. The third kappa shape index (κ3) is 3.96. The minimum atomic E-state index is -0.306. The van der Waals surface area contributed by atoms with Crippen LogP contribution in [-0.2, 0) is 11.3 Å². The van der Waals surface area contributed by atoms with Gasteiger partial charge in [0.05, 0.1) is 38.9 Å². The SMILES string of the molecule is COc1cc(Cn2c(=O)nc(-c3cccs3)c3nc(N4CCOCC4)sc32)cc(OC)c1. The second kappa shape index (κ2) is 8.89. The minimum absolute atomic E-state index is 0.306. The van der Waals surface area contributed by atoms with Crippen LogP contribution in [0, 0.1) is 0 Å². The molecule has 1 fully saturated rings. The average molecular weight is 471 g/mol. The van der Waals surface area contributed by atoms with Crippen molar-refractivity contribution in [3.05, 3.63) is 51.8 Å². The number of nitrogens with zero attached hydrogens (tertiary/aromatic N) is 4. The molecule has 0 aliphatic carbocycles. The second-order valence-corrected chi connectivity index (χ2v) is 9.18. The molecule has 0 bridgehead atoms. The molecule has 0 spiro atoms. The molecule has 0 saturated carbocycles. The van der Waals surface area contributed by atoms with E-state index in [4.69, 9.17) is 19.2 Å². The van der Waals surface area contributed by atoms with Gasteiger partial charge >= 0.3 is 5.69 Å². The molecule has 166 valence electrons. The van der Waals surface area contributed by atoms with Crippen LogP contribution in [0.5, 0.6) is 11.5 Å². The first-order chi connectivity index (χ1) is 15.7. The van der Waals surface area contributed by atoms with Gasteiger partial charge in [-0.1, -0.05) is 17.4 Å². The van der Waals surface area contributed by atoms with E-state index >= 15 is 0 Å². The van der Waals surface area contributed by atoms with Crippen LogP contribution < -0.4 is 20.1 Å². The molecule has 0 radical (unpaired) electrons. The van der Waals surface area contributed by atoms with E-state index in [0.717, 1.165) is 39.0 Å². The van der Waals surface area contributed by atoms with E-state index in [1.54, 1.807) is 30.1 Å². The Morgan fingerprint density at radius 1 is 1.09 bits per heavy atom. The van der Waals surface area contributed by atoms with E-state index in [0.29, 0.717) is 37.0 Å². The van der Waals surface area contributed by atoms with Crippen molar-refractivity contribution in [1.82, 2.24) is 14.5 Å². The van der Waals surface area contributed by atoms with Crippen LogP contribution in [0.4, 0.5) is 5.13 Å². The maximum atomic E-state index is 13.2. The van der Waals surface area contributed by atoms with Crippen LogP contribution in [0.3, 0.4) is 0 Å². The number of rotatable bonds is 6. The number of benzene rings is 1. The van der Waals surface area contributed by atoms with Crippen molar-refractivity contribution in [1.29, 1.82) is 0 Å². The predicted molar refractivity (Wildman–Crippen MR) is 127 cm³/mol. The summed E-state index contributed by atoms with van der Waals surface area (Å²) in [5, 5.41) is 2.86. The number of aromatic nitrogens is 3. The lowest BCUT2D eigenvalue weighted by Gasteiger charge is -2.25. The highest BCUT2D eigenvalue weighted by Gasteiger charge is 2.22. The van der Waals surface area contributed by atoms with Crippen molar-refractivity contribution in [2.24, 2.45) is 0 Å². The number of thiophene rings is 1. The van der Waals surface area contributed by atoms with Gasteiger partial charge in [0.25, 0.3) is 0 Å².